The average Bonchev–Trinajstić information content (AvgIpc) is 3.01. The van der Waals surface area contributed by atoms with E-state index >= 15 is 0 Å². The van der Waals surface area contributed by atoms with Crippen molar-refractivity contribution in [3.63, 3.8) is 0 Å². The summed E-state index contributed by atoms with van der Waals surface area (Å²) in [4.78, 5) is 14.2. The Kier molecular flexibility index (Phi) is 4.80. The molecule has 2 aliphatic heterocycles. The molecule has 1 amide bonds. The van der Waals surface area contributed by atoms with Crippen molar-refractivity contribution in [1.82, 2.24) is 4.90 Å². The number of likely N-dealkylation sites (tertiary alicyclic amines) is 1. The van der Waals surface area contributed by atoms with Crippen LogP contribution in [0.2, 0.25) is 0 Å². The fourth-order valence-corrected chi connectivity index (χ4v) is 3.95. The fourth-order valence-electron chi connectivity index (χ4n) is 3.10. The van der Waals surface area contributed by atoms with Crippen molar-refractivity contribution in [2.45, 2.75) is 18.6 Å². The lowest BCUT2D eigenvalue weighted by Crippen LogP contribution is -2.50. The number of benzene rings is 1. The van der Waals surface area contributed by atoms with Crippen molar-refractivity contribution in [2.24, 2.45) is 0 Å². The highest BCUT2D eigenvalue weighted by atomic mass is 32.2. The third-order valence-corrected chi connectivity index (χ3v) is 5.56. The van der Waals surface area contributed by atoms with E-state index in [0.717, 1.165) is 10.6 Å². The van der Waals surface area contributed by atoms with E-state index in [4.69, 9.17) is 9.47 Å². The highest BCUT2D eigenvalue weighted by Crippen LogP contribution is 2.31. The second-order valence-electron chi connectivity index (χ2n) is 6.09. The van der Waals surface area contributed by atoms with Gasteiger partial charge in [0.2, 0.25) is 15.9 Å². The van der Waals surface area contributed by atoms with Gasteiger partial charge in [-0.15, -0.1) is 0 Å². The van der Waals surface area contributed by atoms with E-state index < -0.39 is 15.8 Å². The van der Waals surface area contributed by atoms with Crippen molar-refractivity contribution in [2.75, 3.05) is 43.4 Å². The minimum Gasteiger partial charge on any atom is -0.347 e. The topological polar surface area (TPSA) is 76.2 Å². The van der Waals surface area contributed by atoms with Gasteiger partial charge in [0.25, 0.3) is 0 Å². The van der Waals surface area contributed by atoms with Crippen LogP contribution < -0.4 is 4.31 Å². The van der Waals surface area contributed by atoms with Crippen LogP contribution in [0, 0.1) is 0 Å². The monoisotopic (exact) mass is 354 g/mol. The molecule has 2 heterocycles. The summed E-state index contributed by atoms with van der Waals surface area (Å²) in [6.07, 6.45) is 2.34. The molecule has 1 aromatic rings. The first-order valence-corrected chi connectivity index (χ1v) is 9.83. The standard InChI is InChI=1S/C16H22N2O5S/c1-24(20,21)18(14-5-3-2-4-6-14)13-15(19)17-9-7-16(8-10-17)22-11-12-23-16/h2-6H,7-13H2,1H3. The predicted octanol–water partition coefficient (Wildman–Crippen LogP) is 0.818. The summed E-state index contributed by atoms with van der Waals surface area (Å²) < 4.78 is 36.6. The maximum absolute atomic E-state index is 12.6. The number of carbonyl (C=O) groups is 1. The van der Waals surface area contributed by atoms with E-state index in [1.165, 1.54) is 0 Å². The Morgan fingerprint density at radius 1 is 1.17 bits per heavy atom. The lowest BCUT2D eigenvalue weighted by molar-refractivity contribution is -0.187. The number of para-hydroxylation sites is 1. The summed E-state index contributed by atoms with van der Waals surface area (Å²) in [5.74, 6) is -0.760. The molecule has 0 radical (unpaired) electrons. The predicted molar refractivity (Wildman–Crippen MR) is 89.1 cm³/mol. The Hall–Kier alpha value is -1.64. The molecule has 8 heteroatoms. The number of hydrogen-bond acceptors (Lipinski definition) is 5. The van der Waals surface area contributed by atoms with Crippen LogP contribution in [0.5, 0.6) is 0 Å². The molecular weight excluding hydrogens is 332 g/mol. The molecule has 0 aliphatic carbocycles. The lowest BCUT2D eigenvalue weighted by Gasteiger charge is -2.38. The van der Waals surface area contributed by atoms with Crippen molar-refractivity contribution in [1.29, 1.82) is 0 Å². The molecule has 0 bridgehead atoms. The summed E-state index contributed by atoms with van der Waals surface area (Å²) in [5, 5.41) is 0. The fraction of sp³-hybridized carbons (Fsp3) is 0.562. The molecule has 1 aromatic carbocycles. The third kappa shape index (κ3) is 3.71. The number of sulfonamides is 1. The van der Waals surface area contributed by atoms with Crippen LogP contribution in [-0.2, 0) is 24.3 Å². The van der Waals surface area contributed by atoms with Gasteiger partial charge in [0, 0.05) is 25.9 Å². The van der Waals surface area contributed by atoms with Crippen LogP contribution >= 0.6 is 0 Å². The minimum atomic E-state index is -3.54. The molecule has 2 saturated heterocycles. The van der Waals surface area contributed by atoms with Gasteiger partial charge in [0.1, 0.15) is 6.54 Å². The summed E-state index contributed by atoms with van der Waals surface area (Å²) in [6, 6.07) is 8.66. The number of anilines is 1. The van der Waals surface area contributed by atoms with Crippen LogP contribution in [0.15, 0.2) is 30.3 Å². The normalized spacial score (nSPS) is 20.3. The molecule has 3 rings (SSSR count). The van der Waals surface area contributed by atoms with Gasteiger partial charge in [-0.3, -0.25) is 9.10 Å². The number of piperidine rings is 1. The van der Waals surface area contributed by atoms with Crippen molar-refractivity contribution in [3.8, 4) is 0 Å². The van der Waals surface area contributed by atoms with Crippen molar-refractivity contribution in [3.05, 3.63) is 30.3 Å². The number of hydrogen-bond donors (Lipinski definition) is 0. The van der Waals surface area contributed by atoms with Gasteiger partial charge in [-0.2, -0.15) is 0 Å². The van der Waals surface area contributed by atoms with Crippen molar-refractivity contribution < 1.29 is 22.7 Å². The van der Waals surface area contributed by atoms with Gasteiger partial charge in [-0.25, -0.2) is 8.42 Å². The van der Waals surface area contributed by atoms with Crippen LogP contribution in [0.4, 0.5) is 5.69 Å². The van der Waals surface area contributed by atoms with E-state index in [9.17, 15) is 13.2 Å². The molecule has 2 fully saturated rings. The van der Waals surface area contributed by atoms with Gasteiger partial charge in [-0.1, -0.05) is 18.2 Å². The average molecular weight is 354 g/mol. The first-order chi connectivity index (χ1) is 11.4. The van der Waals surface area contributed by atoms with Crippen LogP contribution in [-0.4, -0.2) is 64.1 Å². The Labute approximate surface area is 142 Å². The Balaban J connectivity index is 1.66. The lowest BCUT2D eigenvalue weighted by atomic mass is 10.0. The molecule has 0 unspecified atom stereocenters. The highest BCUT2D eigenvalue weighted by Gasteiger charge is 2.41. The van der Waals surface area contributed by atoms with E-state index in [1.54, 1.807) is 35.2 Å². The molecule has 1 spiro atoms. The number of amides is 1. The van der Waals surface area contributed by atoms with Gasteiger partial charge < -0.3 is 14.4 Å². The first-order valence-electron chi connectivity index (χ1n) is 7.98. The Morgan fingerprint density at radius 2 is 1.75 bits per heavy atom. The Bertz CT molecular complexity index is 676. The van der Waals surface area contributed by atoms with E-state index in [1.807, 2.05) is 0 Å². The molecular formula is C16H22N2O5S. The Morgan fingerprint density at radius 3 is 2.29 bits per heavy atom. The van der Waals surface area contributed by atoms with E-state index in [0.29, 0.717) is 44.8 Å². The molecule has 2 aliphatic rings. The number of carbonyl (C=O) groups excluding carboxylic acids is 1. The SMILES string of the molecule is CS(=O)(=O)N(CC(=O)N1CCC2(CC1)OCCO2)c1ccccc1. The van der Waals surface area contributed by atoms with Gasteiger partial charge >= 0.3 is 0 Å². The van der Waals surface area contributed by atoms with Gasteiger partial charge in [0.05, 0.1) is 25.2 Å². The summed E-state index contributed by atoms with van der Waals surface area (Å²) in [7, 11) is -3.54. The maximum atomic E-state index is 12.6. The van der Waals surface area contributed by atoms with E-state index in [-0.39, 0.29) is 12.5 Å². The second-order valence-corrected chi connectivity index (χ2v) is 8.00. The van der Waals surface area contributed by atoms with Gasteiger partial charge in [0.15, 0.2) is 5.79 Å². The first kappa shape index (κ1) is 17.2. The number of rotatable bonds is 4. The smallest absolute Gasteiger partial charge is 0.243 e. The minimum absolute atomic E-state index is 0.197. The molecule has 0 atom stereocenters. The number of ether oxygens (including phenoxy) is 2. The van der Waals surface area contributed by atoms with Crippen LogP contribution in [0.3, 0.4) is 0 Å². The number of nitrogens with zero attached hydrogens (tertiary/aromatic N) is 2. The highest BCUT2D eigenvalue weighted by molar-refractivity contribution is 7.92. The summed E-state index contributed by atoms with van der Waals surface area (Å²) in [6.45, 7) is 1.99. The maximum Gasteiger partial charge on any atom is 0.243 e. The second kappa shape index (κ2) is 6.70. The van der Waals surface area contributed by atoms with E-state index in [2.05, 4.69) is 0 Å². The zero-order chi connectivity index (χ0) is 17.2. The quantitative estimate of drug-likeness (QED) is 0.800. The largest absolute Gasteiger partial charge is 0.347 e. The van der Waals surface area contributed by atoms with Crippen molar-refractivity contribution >= 4 is 21.6 Å². The zero-order valence-corrected chi connectivity index (χ0v) is 14.5. The van der Waals surface area contributed by atoms with Crippen LogP contribution in [0.25, 0.3) is 0 Å². The molecule has 0 aromatic heterocycles. The molecule has 0 N–H and O–H groups in total. The van der Waals surface area contributed by atoms with Gasteiger partial charge in [-0.05, 0) is 12.1 Å². The summed E-state index contributed by atoms with van der Waals surface area (Å²) in [5.41, 5.74) is 0.490. The molecule has 24 heavy (non-hydrogen) atoms. The summed E-state index contributed by atoms with van der Waals surface area (Å²) >= 11 is 0. The zero-order valence-electron chi connectivity index (χ0n) is 13.7. The molecule has 7 nitrogen and oxygen atoms in total. The van der Waals surface area contributed by atoms with Crippen LogP contribution in [0.1, 0.15) is 12.8 Å². The third-order valence-electron chi connectivity index (χ3n) is 4.41. The molecule has 0 saturated carbocycles. The molecule has 132 valence electrons.